The van der Waals surface area contributed by atoms with Crippen LogP contribution in [0.1, 0.15) is 29.7 Å². The molecular formula is C12H15N3O3. The minimum Gasteiger partial charge on any atom is -0.478 e. The van der Waals surface area contributed by atoms with Crippen LogP contribution in [0.2, 0.25) is 0 Å². The lowest BCUT2D eigenvalue weighted by Gasteiger charge is -2.11. The number of aromatic carboxylic acids is 1. The van der Waals surface area contributed by atoms with Gasteiger partial charge in [0.25, 0.3) is 0 Å². The molecule has 1 aromatic heterocycles. The first kappa shape index (κ1) is 12.5. The smallest absolute Gasteiger partial charge is 0.335 e. The number of ether oxygens (including phenoxy) is 1. The Morgan fingerprint density at radius 1 is 1.56 bits per heavy atom. The number of rotatable bonds is 5. The molecule has 0 amide bonds. The third-order valence-corrected chi connectivity index (χ3v) is 2.88. The van der Waals surface area contributed by atoms with Crippen molar-refractivity contribution in [2.75, 3.05) is 13.7 Å². The largest absolute Gasteiger partial charge is 0.478 e. The van der Waals surface area contributed by atoms with Crippen LogP contribution in [-0.4, -0.2) is 39.8 Å². The quantitative estimate of drug-likeness (QED) is 0.873. The fourth-order valence-corrected chi connectivity index (χ4v) is 1.81. The highest BCUT2D eigenvalue weighted by molar-refractivity contribution is 5.92. The summed E-state index contributed by atoms with van der Waals surface area (Å²) in [4.78, 5) is 10.9. The molecule has 1 N–H and O–H groups in total. The van der Waals surface area contributed by atoms with Crippen molar-refractivity contribution in [3.63, 3.8) is 0 Å². The Bertz CT molecular complexity index is 565. The molecule has 96 valence electrons. The minimum absolute atomic E-state index is 0.158. The van der Waals surface area contributed by atoms with Gasteiger partial charge in [0, 0.05) is 13.7 Å². The van der Waals surface area contributed by atoms with Gasteiger partial charge < -0.3 is 9.84 Å². The summed E-state index contributed by atoms with van der Waals surface area (Å²) >= 11 is 0. The molecule has 0 saturated heterocycles. The normalized spacial score (nSPS) is 12.8. The van der Waals surface area contributed by atoms with Crippen molar-refractivity contribution in [3.8, 4) is 0 Å². The molecule has 1 aromatic carbocycles. The zero-order valence-electron chi connectivity index (χ0n) is 10.3. The minimum atomic E-state index is -0.959. The zero-order chi connectivity index (χ0) is 13.1. The van der Waals surface area contributed by atoms with E-state index >= 15 is 0 Å². The topological polar surface area (TPSA) is 77.2 Å². The first-order chi connectivity index (χ1) is 8.63. The van der Waals surface area contributed by atoms with Gasteiger partial charge in [-0.1, -0.05) is 5.21 Å². The van der Waals surface area contributed by atoms with Crippen LogP contribution in [-0.2, 0) is 4.74 Å². The number of carboxylic acids is 1. The van der Waals surface area contributed by atoms with Crippen LogP contribution in [0.4, 0.5) is 0 Å². The Hall–Kier alpha value is -1.95. The third-order valence-electron chi connectivity index (χ3n) is 2.88. The van der Waals surface area contributed by atoms with E-state index in [4.69, 9.17) is 9.84 Å². The average Bonchev–Trinajstić information content (AvgIpc) is 2.78. The molecule has 0 spiro atoms. The maximum Gasteiger partial charge on any atom is 0.335 e. The summed E-state index contributed by atoms with van der Waals surface area (Å²) in [6, 6.07) is 4.99. The van der Waals surface area contributed by atoms with Crippen LogP contribution >= 0.6 is 0 Å². The van der Waals surface area contributed by atoms with E-state index in [2.05, 4.69) is 10.3 Å². The summed E-state index contributed by atoms with van der Waals surface area (Å²) < 4.78 is 6.83. The molecule has 1 atom stereocenters. The van der Waals surface area contributed by atoms with E-state index in [0.717, 1.165) is 11.9 Å². The van der Waals surface area contributed by atoms with Gasteiger partial charge in [0.1, 0.15) is 5.52 Å². The second kappa shape index (κ2) is 5.14. The molecule has 2 rings (SSSR count). The summed E-state index contributed by atoms with van der Waals surface area (Å²) in [6.07, 6.45) is 0.829. The number of hydrogen-bond acceptors (Lipinski definition) is 4. The van der Waals surface area contributed by atoms with Gasteiger partial charge in [-0.15, -0.1) is 5.10 Å². The highest BCUT2D eigenvalue weighted by Gasteiger charge is 2.12. The van der Waals surface area contributed by atoms with E-state index in [0.29, 0.717) is 12.1 Å². The second-order valence-corrected chi connectivity index (χ2v) is 4.17. The first-order valence-electron chi connectivity index (χ1n) is 5.70. The molecule has 0 radical (unpaired) electrons. The SMILES string of the molecule is COCCC(C)n1nnc2cc(C(=O)O)ccc21. The number of nitrogens with zero attached hydrogens (tertiary/aromatic N) is 3. The van der Waals surface area contributed by atoms with Crippen LogP contribution in [0.15, 0.2) is 18.2 Å². The van der Waals surface area contributed by atoms with E-state index in [-0.39, 0.29) is 11.6 Å². The van der Waals surface area contributed by atoms with Crippen molar-refractivity contribution in [1.29, 1.82) is 0 Å². The molecule has 6 nitrogen and oxygen atoms in total. The lowest BCUT2D eigenvalue weighted by atomic mass is 10.2. The van der Waals surface area contributed by atoms with E-state index < -0.39 is 5.97 Å². The van der Waals surface area contributed by atoms with Crippen LogP contribution in [0.25, 0.3) is 11.0 Å². The van der Waals surface area contributed by atoms with Gasteiger partial charge in [-0.25, -0.2) is 9.48 Å². The second-order valence-electron chi connectivity index (χ2n) is 4.17. The van der Waals surface area contributed by atoms with Crippen molar-refractivity contribution in [1.82, 2.24) is 15.0 Å². The Balaban J connectivity index is 2.33. The molecular weight excluding hydrogens is 234 g/mol. The molecule has 2 aromatic rings. The maximum atomic E-state index is 10.9. The van der Waals surface area contributed by atoms with E-state index in [1.807, 2.05) is 6.92 Å². The summed E-state index contributed by atoms with van der Waals surface area (Å²) in [5, 5.41) is 17.0. The third kappa shape index (κ3) is 2.33. The molecule has 0 saturated carbocycles. The molecule has 0 aliphatic carbocycles. The predicted molar refractivity (Wildman–Crippen MR) is 65.7 cm³/mol. The first-order valence-corrected chi connectivity index (χ1v) is 5.70. The van der Waals surface area contributed by atoms with E-state index in [1.165, 1.54) is 6.07 Å². The van der Waals surface area contributed by atoms with Crippen LogP contribution in [0, 0.1) is 0 Å². The Labute approximate surface area is 104 Å². The van der Waals surface area contributed by atoms with Crippen molar-refractivity contribution in [3.05, 3.63) is 23.8 Å². The summed E-state index contributed by atoms with van der Waals surface area (Å²) in [7, 11) is 1.66. The Kier molecular flexibility index (Phi) is 3.57. The molecule has 6 heteroatoms. The highest BCUT2D eigenvalue weighted by Crippen LogP contribution is 2.19. The van der Waals surface area contributed by atoms with Crippen molar-refractivity contribution in [2.24, 2.45) is 0 Å². The summed E-state index contributed by atoms with van der Waals surface area (Å²) in [5.74, 6) is -0.959. The fourth-order valence-electron chi connectivity index (χ4n) is 1.81. The monoisotopic (exact) mass is 249 g/mol. The van der Waals surface area contributed by atoms with E-state index in [1.54, 1.807) is 23.9 Å². The molecule has 1 unspecified atom stereocenters. The maximum absolute atomic E-state index is 10.9. The summed E-state index contributed by atoms with van der Waals surface area (Å²) in [6.45, 7) is 2.67. The zero-order valence-corrected chi connectivity index (χ0v) is 10.3. The number of aromatic nitrogens is 3. The van der Waals surface area contributed by atoms with Gasteiger partial charge in [0.15, 0.2) is 0 Å². The van der Waals surface area contributed by atoms with Gasteiger partial charge in [-0.05, 0) is 31.5 Å². The van der Waals surface area contributed by atoms with Gasteiger partial charge in [-0.2, -0.15) is 0 Å². The average molecular weight is 249 g/mol. The van der Waals surface area contributed by atoms with Crippen molar-refractivity contribution in [2.45, 2.75) is 19.4 Å². The van der Waals surface area contributed by atoms with Gasteiger partial charge in [0.05, 0.1) is 17.1 Å². The Morgan fingerprint density at radius 2 is 2.33 bits per heavy atom. The lowest BCUT2D eigenvalue weighted by molar-refractivity contribution is 0.0697. The number of carbonyl (C=O) groups is 1. The highest BCUT2D eigenvalue weighted by atomic mass is 16.5. The number of hydrogen-bond donors (Lipinski definition) is 1. The van der Waals surface area contributed by atoms with Crippen molar-refractivity contribution < 1.29 is 14.6 Å². The lowest BCUT2D eigenvalue weighted by Crippen LogP contribution is -2.09. The molecule has 0 aliphatic rings. The van der Waals surface area contributed by atoms with Gasteiger partial charge >= 0.3 is 5.97 Å². The fraction of sp³-hybridized carbons (Fsp3) is 0.417. The predicted octanol–water partition coefficient (Wildman–Crippen LogP) is 1.73. The standard InChI is InChI=1S/C12H15N3O3/c1-8(5-6-18-2)15-11-4-3-9(12(16)17)7-10(11)13-14-15/h3-4,7-8H,5-6H2,1-2H3,(H,16,17). The Morgan fingerprint density at radius 3 is 3.00 bits per heavy atom. The molecule has 0 bridgehead atoms. The summed E-state index contributed by atoms with van der Waals surface area (Å²) in [5.41, 5.74) is 1.65. The van der Waals surface area contributed by atoms with Crippen molar-refractivity contribution >= 4 is 17.0 Å². The number of carboxylic acid groups (broad SMARTS) is 1. The molecule has 1 heterocycles. The van der Waals surface area contributed by atoms with Crippen LogP contribution in [0.5, 0.6) is 0 Å². The number of benzene rings is 1. The van der Waals surface area contributed by atoms with Gasteiger partial charge in [0.2, 0.25) is 0 Å². The number of methoxy groups -OCH3 is 1. The van der Waals surface area contributed by atoms with Crippen LogP contribution < -0.4 is 0 Å². The molecule has 18 heavy (non-hydrogen) atoms. The number of fused-ring (bicyclic) bond motifs is 1. The molecule has 0 fully saturated rings. The van der Waals surface area contributed by atoms with Gasteiger partial charge in [-0.3, -0.25) is 0 Å². The van der Waals surface area contributed by atoms with Crippen LogP contribution in [0.3, 0.4) is 0 Å². The molecule has 0 aliphatic heterocycles. The van der Waals surface area contributed by atoms with E-state index in [9.17, 15) is 4.79 Å².